The Labute approximate surface area is 196 Å². The highest BCUT2D eigenvalue weighted by atomic mass is 79.9. The van der Waals surface area contributed by atoms with Crippen molar-refractivity contribution < 1.29 is 18.8 Å². The maximum atomic E-state index is 13.8. The molecule has 0 unspecified atom stereocenters. The standard InChI is InChI=1S/C22H16BrClFN3O4/c23-17-9-14(10-18(24)22(17)32-13-16-6-1-3-7-19(16)25)12-26-27-21(29)11-15-5-2-4-8-20(15)28(30)31/h1-10,12H,11,13H2,(H,27,29)/b26-12+. The number of amides is 1. The Morgan fingerprint density at radius 2 is 1.88 bits per heavy atom. The average Bonchev–Trinajstić information content (AvgIpc) is 2.74. The van der Waals surface area contributed by atoms with Crippen LogP contribution in [-0.2, 0) is 17.8 Å². The summed E-state index contributed by atoms with van der Waals surface area (Å²) in [6.45, 7) is 0.000109. The molecule has 0 radical (unpaired) electrons. The van der Waals surface area contributed by atoms with Gasteiger partial charge in [-0.15, -0.1) is 0 Å². The molecule has 0 aliphatic rings. The van der Waals surface area contributed by atoms with E-state index in [1.807, 2.05) is 0 Å². The molecule has 0 saturated carbocycles. The van der Waals surface area contributed by atoms with Gasteiger partial charge in [0, 0.05) is 17.2 Å². The Hall–Kier alpha value is -3.30. The van der Waals surface area contributed by atoms with E-state index in [4.69, 9.17) is 16.3 Å². The van der Waals surface area contributed by atoms with Gasteiger partial charge < -0.3 is 4.74 Å². The summed E-state index contributed by atoms with van der Waals surface area (Å²) in [6, 6.07) is 15.5. The Bertz CT molecular complexity index is 1170. The van der Waals surface area contributed by atoms with Gasteiger partial charge in [0.1, 0.15) is 12.4 Å². The first-order valence-electron chi connectivity index (χ1n) is 9.24. The highest BCUT2D eigenvalue weighted by Crippen LogP contribution is 2.34. The molecule has 0 fully saturated rings. The fourth-order valence-corrected chi connectivity index (χ4v) is 3.78. The molecule has 32 heavy (non-hydrogen) atoms. The van der Waals surface area contributed by atoms with E-state index in [-0.39, 0.29) is 35.1 Å². The van der Waals surface area contributed by atoms with E-state index in [0.717, 1.165) is 0 Å². The third-order valence-electron chi connectivity index (χ3n) is 4.29. The molecule has 0 aliphatic heterocycles. The van der Waals surface area contributed by atoms with Crippen LogP contribution in [0.15, 0.2) is 70.2 Å². The number of carbonyl (C=O) groups excluding carboxylic acids is 1. The van der Waals surface area contributed by atoms with Crippen molar-refractivity contribution in [3.63, 3.8) is 0 Å². The van der Waals surface area contributed by atoms with Crippen LogP contribution in [0.1, 0.15) is 16.7 Å². The maximum absolute atomic E-state index is 13.8. The smallest absolute Gasteiger partial charge is 0.273 e. The summed E-state index contributed by atoms with van der Waals surface area (Å²) >= 11 is 9.64. The second-order valence-electron chi connectivity index (χ2n) is 6.55. The van der Waals surface area contributed by atoms with Crippen LogP contribution in [0.3, 0.4) is 0 Å². The fraction of sp³-hybridized carbons (Fsp3) is 0.0909. The Kier molecular flexibility index (Phi) is 7.91. The second kappa shape index (κ2) is 10.8. The van der Waals surface area contributed by atoms with E-state index in [2.05, 4.69) is 26.5 Å². The lowest BCUT2D eigenvalue weighted by Gasteiger charge is -2.11. The number of nitrogens with zero attached hydrogens (tertiary/aromatic N) is 2. The Morgan fingerprint density at radius 3 is 2.56 bits per heavy atom. The molecule has 0 bridgehead atoms. The molecule has 164 valence electrons. The summed E-state index contributed by atoms with van der Waals surface area (Å²) in [4.78, 5) is 22.6. The molecule has 0 saturated heterocycles. The van der Waals surface area contributed by atoms with E-state index < -0.39 is 10.8 Å². The number of rotatable bonds is 8. The predicted molar refractivity (Wildman–Crippen MR) is 122 cm³/mol. The van der Waals surface area contributed by atoms with Crippen LogP contribution >= 0.6 is 27.5 Å². The van der Waals surface area contributed by atoms with Crippen molar-refractivity contribution in [1.29, 1.82) is 0 Å². The maximum Gasteiger partial charge on any atom is 0.273 e. The number of carbonyl (C=O) groups is 1. The van der Waals surface area contributed by atoms with Crippen molar-refractivity contribution in [2.75, 3.05) is 0 Å². The summed E-state index contributed by atoms with van der Waals surface area (Å²) < 4.78 is 19.9. The summed E-state index contributed by atoms with van der Waals surface area (Å²) in [5.41, 5.74) is 3.43. The van der Waals surface area contributed by atoms with Gasteiger partial charge in [0.2, 0.25) is 5.91 Å². The van der Waals surface area contributed by atoms with E-state index in [9.17, 15) is 19.3 Å². The van der Waals surface area contributed by atoms with Crippen molar-refractivity contribution in [2.24, 2.45) is 5.10 Å². The van der Waals surface area contributed by atoms with Gasteiger partial charge in [-0.25, -0.2) is 9.82 Å². The minimum absolute atomic E-state index is 0.000109. The molecule has 3 aromatic carbocycles. The number of nitrogens with one attached hydrogen (secondary N) is 1. The second-order valence-corrected chi connectivity index (χ2v) is 7.81. The van der Waals surface area contributed by atoms with Crippen molar-refractivity contribution in [2.45, 2.75) is 13.0 Å². The average molecular weight is 521 g/mol. The number of benzene rings is 3. The molecule has 1 amide bonds. The first-order chi connectivity index (χ1) is 15.3. The van der Waals surface area contributed by atoms with Gasteiger partial charge in [0.05, 0.1) is 27.1 Å². The first kappa shape index (κ1) is 23.4. The number of hydrogen-bond donors (Lipinski definition) is 1. The Morgan fingerprint density at radius 1 is 1.19 bits per heavy atom. The zero-order chi connectivity index (χ0) is 23.1. The summed E-state index contributed by atoms with van der Waals surface area (Å²) in [5.74, 6) is -0.543. The van der Waals surface area contributed by atoms with Crippen molar-refractivity contribution >= 4 is 45.3 Å². The van der Waals surface area contributed by atoms with Crippen LogP contribution in [-0.4, -0.2) is 17.0 Å². The molecule has 3 rings (SSSR count). The minimum atomic E-state index is -0.540. The largest absolute Gasteiger partial charge is 0.486 e. The highest BCUT2D eigenvalue weighted by Gasteiger charge is 2.15. The molecule has 0 aliphatic carbocycles. The lowest BCUT2D eigenvalue weighted by Crippen LogP contribution is -2.20. The molecule has 10 heteroatoms. The van der Waals surface area contributed by atoms with E-state index in [0.29, 0.717) is 21.3 Å². The van der Waals surface area contributed by atoms with Gasteiger partial charge in [0.25, 0.3) is 5.69 Å². The van der Waals surface area contributed by atoms with Gasteiger partial charge in [-0.05, 0) is 39.7 Å². The van der Waals surface area contributed by atoms with Crippen molar-refractivity contribution in [1.82, 2.24) is 5.43 Å². The molecular formula is C22H16BrClFN3O4. The quantitative estimate of drug-likeness (QED) is 0.244. The lowest BCUT2D eigenvalue weighted by molar-refractivity contribution is -0.385. The van der Waals surface area contributed by atoms with Crippen molar-refractivity contribution in [3.05, 3.63) is 103 Å². The number of nitro benzene ring substituents is 1. The fourth-order valence-electron chi connectivity index (χ4n) is 2.79. The molecule has 0 aromatic heterocycles. The monoisotopic (exact) mass is 519 g/mol. The van der Waals surface area contributed by atoms with Crippen LogP contribution in [0.25, 0.3) is 0 Å². The molecule has 3 aromatic rings. The van der Waals surface area contributed by atoms with Gasteiger partial charge in [-0.3, -0.25) is 14.9 Å². The highest BCUT2D eigenvalue weighted by molar-refractivity contribution is 9.10. The summed E-state index contributed by atoms with van der Waals surface area (Å²) in [5, 5.41) is 15.2. The number of para-hydroxylation sites is 1. The summed E-state index contributed by atoms with van der Waals surface area (Å²) in [7, 11) is 0. The SMILES string of the molecule is O=C(Cc1ccccc1[N+](=O)[O-])N/N=C/c1cc(Cl)c(OCc2ccccc2F)c(Br)c1. The van der Waals surface area contributed by atoms with Gasteiger partial charge in [-0.2, -0.15) is 5.10 Å². The normalized spacial score (nSPS) is 10.8. The molecule has 0 atom stereocenters. The minimum Gasteiger partial charge on any atom is -0.486 e. The first-order valence-corrected chi connectivity index (χ1v) is 10.4. The molecular weight excluding hydrogens is 505 g/mol. The van der Waals surface area contributed by atoms with Crippen LogP contribution in [0, 0.1) is 15.9 Å². The predicted octanol–water partition coefficient (Wildman–Crippen LogP) is 5.42. The zero-order valence-electron chi connectivity index (χ0n) is 16.4. The van der Waals surface area contributed by atoms with Gasteiger partial charge in [-0.1, -0.05) is 48.0 Å². The number of hydrogen-bond acceptors (Lipinski definition) is 5. The van der Waals surface area contributed by atoms with Crippen LogP contribution in [0.4, 0.5) is 10.1 Å². The molecule has 1 N–H and O–H groups in total. The van der Waals surface area contributed by atoms with Gasteiger partial charge in [0.15, 0.2) is 5.75 Å². The van der Waals surface area contributed by atoms with Crippen LogP contribution < -0.4 is 10.2 Å². The third-order valence-corrected chi connectivity index (χ3v) is 5.16. The number of ether oxygens (including phenoxy) is 1. The number of halogens is 3. The van der Waals surface area contributed by atoms with Crippen LogP contribution in [0.5, 0.6) is 5.75 Å². The Balaban J connectivity index is 1.62. The van der Waals surface area contributed by atoms with E-state index in [1.165, 1.54) is 30.5 Å². The number of nitro groups is 1. The van der Waals surface area contributed by atoms with Crippen molar-refractivity contribution in [3.8, 4) is 5.75 Å². The summed E-state index contributed by atoms with van der Waals surface area (Å²) in [6.07, 6.45) is 1.18. The topological polar surface area (TPSA) is 93.8 Å². The lowest BCUT2D eigenvalue weighted by atomic mass is 10.1. The number of hydrazone groups is 1. The molecule has 0 spiro atoms. The third kappa shape index (κ3) is 6.12. The van der Waals surface area contributed by atoms with Crippen LogP contribution in [0.2, 0.25) is 5.02 Å². The van der Waals surface area contributed by atoms with E-state index in [1.54, 1.807) is 36.4 Å². The van der Waals surface area contributed by atoms with Gasteiger partial charge >= 0.3 is 0 Å². The molecule has 7 nitrogen and oxygen atoms in total. The zero-order valence-corrected chi connectivity index (χ0v) is 18.8. The van der Waals surface area contributed by atoms with E-state index >= 15 is 0 Å². The molecule has 0 heterocycles.